The molecule has 6 heteroatoms. The van der Waals surface area contributed by atoms with Crippen LogP contribution in [0.2, 0.25) is 0 Å². The van der Waals surface area contributed by atoms with E-state index in [2.05, 4.69) is 9.97 Å². The molecule has 0 saturated heterocycles. The molecule has 0 aliphatic heterocycles. The van der Waals surface area contributed by atoms with Gasteiger partial charge in [0, 0.05) is 11.8 Å². The van der Waals surface area contributed by atoms with Gasteiger partial charge in [-0.3, -0.25) is 4.79 Å². The molecule has 1 atom stereocenters. The molecule has 1 aromatic carbocycles. The van der Waals surface area contributed by atoms with Crippen molar-refractivity contribution >= 4 is 5.97 Å². The number of rotatable bonds is 5. The molecule has 0 saturated carbocycles. The highest BCUT2D eigenvalue weighted by atomic mass is 19.1. The molecule has 1 unspecified atom stereocenters. The number of methoxy groups -OCH3 is 1. The van der Waals surface area contributed by atoms with E-state index in [1.54, 1.807) is 25.1 Å². The normalized spacial score (nSPS) is 12.0. The van der Waals surface area contributed by atoms with E-state index in [1.807, 2.05) is 0 Å². The highest BCUT2D eigenvalue weighted by Crippen LogP contribution is 2.21. The van der Waals surface area contributed by atoms with Crippen molar-refractivity contribution in [3.63, 3.8) is 0 Å². The van der Waals surface area contributed by atoms with Crippen molar-refractivity contribution in [1.29, 1.82) is 0 Å². The largest absolute Gasteiger partial charge is 0.481 e. The lowest BCUT2D eigenvalue weighted by Gasteiger charge is -2.13. The van der Waals surface area contributed by atoms with Gasteiger partial charge in [-0.1, -0.05) is 12.1 Å². The van der Waals surface area contributed by atoms with E-state index in [9.17, 15) is 14.3 Å². The van der Waals surface area contributed by atoms with Crippen molar-refractivity contribution in [2.24, 2.45) is 0 Å². The second-order valence-corrected chi connectivity index (χ2v) is 4.63. The van der Waals surface area contributed by atoms with Crippen LogP contribution in [0, 0.1) is 12.7 Å². The maximum absolute atomic E-state index is 13.2. The molecule has 1 aromatic heterocycles. The average Bonchev–Trinajstić information content (AvgIpc) is 2.43. The second-order valence-electron chi connectivity index (χ2n) is 4.63. The number of hydrogen-bond donors (Lipinski definition) is 1. The molecule has 0 bridgehead atoms. The molecule has 1 N–H and O–H groups in total. The lowest BCUT2D eigenvalue weighted by Crippen LogP contribution is -2.18. The first-order valence-corrected chi connectivity index (χ1v) is 6.36. The van der Waals surface area contributed by atoms with Crippen LogP contribution in [0.15, 0.2) is 30.3 Å². The maximum atomic E-state index is 13.2. The molecule has 0 radical (unpaired) electrons. The molecule has 1 heterocycles. The summed E-state index contributed by atoms with van der Waals surface area (Å²) in [6.07, 6.45) is 0.111. The molecule has 0 spiro atoms. The Balaban J connectivity index is 2.35. The SMILES string of the molecule is COc1cc(C)nc(C(Cc2cccc(F)c2)C(=O)O)n1. The number of carbonyl (C=O) groups is 1. The van der Waals surface area contributed by atoms with Crippen LogP contribution in [0.4, 0.5) is 4.39 Å². The van der Waals surface area contributed by atoms with E-state index in [4.69, 9.17) is 4.74 Å². The van der Waals surface area contributed by atoms with Gasteiger partial charge in [-0.15, -0.1) is 0 Å². The summed E-state index contributed by atoms with van der Waals surface area (Å²) in [4.78, 5) is 19.7. The topological polar surface area (TPSA) is 72.3 Å². The Morgan fingerprint density at radius 3 is 2.76 bits per heavy atom. The Bertz CT molecular complexity index is 661. The van der Waals surface area contributed by atoms with Crippen molar-refractivity contribution in [2.75, 3.05) is 7.11 Å². The first kappa shape index (κ1) is 14.9. The number of benzene rings is 1. The quantitative estimate of drug-likeness (QED) is 0.915. The molecule has 0 fully saturated rings. The van der Waals surface area contributed by atoms with E-state index in [0.29, 0.717) is 17.1 Å². The molecule has 2 aromatic rings. The molecule has 21 heavy (non-hydrogen) atoms. The highest BCUT2D eigenvalue weighted by Gasteiger charge is 2.24. The van der Waals surface area contributed by atoms with Crippen LogP contribution < -0.4 is 4.74 Å². The molecular weight excluding hydrogens is 275 g/mol. The Hall–Kier alpha value is -2.50. The summed E-state index contributed by atoms with van der Waals surface area (Å²) in [7, 11) is 1.45. The number of halogens is 1. The van der Waals surface area contributed by atoms with Gasteiger partial charge in [0.25, 0.3) is 0 Å². The maximum Gasteiger partial charge on any atom is 0.314 e. The van der Waals surface area contributed by atoms with E-state index in [1.165, 1.54) is 19.2 Å². The molecule has 2 rings (SSSR count). The molecule has 5 nitrogen and oxygen atoms in total. The van der Waals surface area contributed by atoms with Crippen LogP contribution in [0.1, 0.15) is 23.0 Å². The van der Waals surface area contributed by atoms with Gasteiger partial charge in [0.15, 0.2) is 0 Å². The summed E-state index contributed by atoms with van der Waals surface area (Å²) < 4.78 is 18.2. The predicted molar refractivity (Wildman–Crippen MR) is 73.8 cm³/mol. The number of carboxylic acids is 1. The molecule has 0 aliphatic carbocycles. The minimum atomic E-state index is -1.06. The first-order valence-electron chi connectivity index (χ1n) is 6.36. The number of aryl methyl sites for hydroxylation is 1. The number of aromatic nitrogens is 2. The number of nitrogens with zero attached hydrogens (tertiary/aromatic N) is 2. The van der Waals surface area contributed by atoms with Gasteiger partial charge in [-0.25, -0.2) is 9.37 Å². The zero-order valence-electron chi connectivity index (χ0n) is 11.7. The van der Waals surface area contributed by atoms with E-state index >= 15 is 0 Å². The zero-order valence-corrected chi connectivity index (χ0v) is 11.7. The summed E-state index contributed by atoms with van der Waals surface area (Å²) in [6, 6.07) is 7.45. The van der Waals surface area contributed by atoms with Crippen LogP contribution in [-0.4, -0.2) is 28.2 Å². The first-order chi connectivity index (χ1) is 9.99. The van der Waals surface area contributed by atoms with Crippen molar-refractivity contribution < 1.29 is 19.0 Å². The number of ether oxygens (including phenoxy) is 1. The number of aliphatic carboxylic acids is 1. The Labute approximate surface area is 121 Å². The summed E-state index contributed by atoms with van der Waals surface area (Å²) in [5.41, 5.74) is 1.19. The standard InChI is InChI=1S/C15H15FN2O3/c1-9-6-13(21-2)18-14(17-9)12(15(19)20)8-10-4-3-5-11(16)7-10/h3-7,12H,8H2,1-2H3,(H,19,20). The van der Waals surface area contributed by atoms with Gasteiger partial charge in [-0.05, 0) is 31.0 Å². The van der Waals surface area contributed by atoms with Crippen molar-refractivity contribution in [3.05, 3.63) is 53.2 Å². The lowest BCUT2D eigenvalue weighted by atomic mass is 9.98. The molecule has 0 aliphatic rings. The minimum Gasteiger partial charge on any atom is -0.481 e. The smallest absolute Gasteiger partial charge is 0.314 e. The zero-order chi connectivity index (χ0) is 15.4. The number of carboxylic acid groups (broad SMARTS) is 1. The summed E-state index contributed by atoms with van der Waals surface area (Å²) in [5.74, 6) is -1.96. The van der Waals surface area contributed by atoms with Crippen molar-refractivity contribution in [2.45, 2.75) is 19.3 Å². The molecule has 0 amide bonds. The van der Waals surface area contributed by atoms with Gasteiger partial charge in [0.1, 0.15) is 17.6 Å². The fraction of sp³-hybridized carbons (Fsp3) is 0.267. The van der Waals surface area contributed by atoms with Crippen LogP contribution in [0.25, 0.3) is 0 Å². The third kappa shape index (κ3) is 3.75. The fourth-order valence-corrected chi connectivity index (χ4v) is 2.01. The van der Waals surface area contributed by atoms with E-state index in [0.717, 1.165) is 0 Å². The summed E-state index contributed by atoms with van der Waals surface area (Å²) in [6.45, 7) is 1.73. The second kappa shape index (κ2) is 6.30. The van der Waals surface area contributed by atoms with Crippen LogP contribution in [0.5, 0.6) is 5.88 Å². The Kier molecular flexibility index (Phi) is 4.47. The molecular formula is C15H15FN2O3. The van der Waals surface area contributed by atoms with Crippen LogP contribution in [-0.2, 0) is 11.2 Å². The van der Waals surface area contributed by atoms with E-state index < -0.39 is 17.7 Å². The third-order valence-corrected chi connectivity index (χ3v) is 3.00. The Morgan fingerprint density at radius 2 is 2.14 bits per heavy atom. The fourth-order valence-electron chi connectivity index (χ4n) is 2.01. The van der Waals surface area contributed by atoms with Gasteiger partial charge < -0.3 is 9.84 Å². The third-order valence-electron chi connectivity index (χ3n) is 3.00. The minimum absolute atomic E-state index is 0.111. The van der Waals surface area contributed by atoms with Gasteiger partial charge in [-0.2, -0.15) is 4.98 Å². The van der Waals surface area contributed by atoms with Gasteiger partial charge >= 0.3 is 5.97 Å². The lowest BCUT2D eigenvalue weighted by molar-refractivity contribution is -0.139. The van der Waals surface area contributed by atoms with Crippen molar-refractivity contribution in [3.8, 4) is 5.88 Å². The molecule has 110 valence electrons. The van der Waals surface area contributed by atoms with Crippen molar-refractivity contribution in [1.82, 2.24) is 9.97 Å². The van der Waals surface area contributed by atoms with Crippen LogP contribution in [0.3, 0.4) is 0 Å². The Morgan fingerprint density at radius 1 is 1.38 bits per heavy atom. The number of hydrogen-bond acceptors (Lipinski definition) is 4. The van der Waals surface area contributed by atoms with E-state index in [-0.39, 0.29) is 12.2 Å². The van der Waals surface area contributed by atoms with Gasteiger partial charge in [0.2, 0.25) is 5.88 Å². The average molecular weight is 290 g/mol. The van der Waals surface area contributed by atoms with Crippen LogP contribution >= 0.6 is 0 Å². The highest BCUT2D eigenvalue weighted by molar-refractivity contribution is 5.75. The monoisotopic (exact) mass is 290 g/mol. The summed E-state index contributed by atoms with van der Waals surface area (Å²) in [5, 5.41) is 9.40. The summed E-state index contributed by atoms with van der Waals surface area (Å²) >= 11 is 0. The predicted octanol–water partition coefficient (Wildman–Crippen LogP) is 2.34. The van der Waals surface area contributed by atoms with Gasteiger partial charge in [0.05, 0.1) is 7.11 Å².